The lowest BCUT2D eigenvalue weighted by Crippen LogP contribution is -2.43. The molecule has 216 valence electrons. The van der Waals surface area contributed by atoms with E-state index >= 15 is 0 Å². The Morgan fingerprint density at radius 1 is 0.432 bits per heavy atom. The molecule has 7 atom stereocenters. The van der Waals surface area contributed by atoms with Crippen LogP contribution in [0.3, 0.4) is 0 Å². The maximum absolute atomic E-state index is 2.94. The summed E-state index contributed by atoms with van der Waals surface area (Å²) < 4.78 is 0. The smallest absolute Gasteiger partial charge is 0.0123 e. The fraction of sp³-hybridized carbons (Fsp3) is 1.00. The highest BCUT2D eigenvalue weighted by Crippen LogP contribution is 2.42. The van der Waals surface area contributed by atoms with Crippen molar-refractivity contribution in [3.63, 3.8) is 0 Å². The maximum Gasteiger partial charge on any atom is 0.0123 e. The van der Waals surface area contributed by atoms with Crippen LogP contribution in [0.2, 0.25) is 0 Å². The van der Waals surface area contributed by atoms with Crippen LogP contribution in [0.15, 0.2) is 0 Å². The highest BCUT2D eigenvalue weighted by Gasteiger charge is 2.34. The Balaban J connectivity index is 1.32. The minimum Gasteiger partial charge on any atom is -0.300 e. The van der Waals surface area contributed by atoms with Gasteiger partial charge in [-0.3, -0.25) is 0 Å². The number of hydrogen-bond acceptors (Lipinski definition) is 1. The van der Waals surface area contributed by atoms with E-state index in [1.165, 1.54) is 109 Å². The van der Waals surface area contributed by atoms with Crippen LogP contribution >= 0.6 is 0 Å². The molecule has 0 aromatic rings. The molecule has 1 heterocycles. The molecule has 0 bridgehead atoms. The second-order valence-corrected chi connectivity index (χ2v) is 14.5. The van der Waals surface area contributed by atoms with Crippen molar-refractivity contribution in [3.8, 4) is 0 Å². The van der Waals surface area contributed by atoms with Gasteiger partial charge in [-0.05, 0) is 68.7 Å². The molecule has 0 radical (unpaired) electrons. The van der Waals surface area contributed by atoms with Crippen molar-refractivity contribution in [1.29, 1.82) is 0 Å². The van der Waals surface area contributed by atoms with Gasteiger partial charge in [0.2, 0.25) is 0 Å². The van der Waals surface area contributed by atoms with Gasteiger partial charge in [-0.2, -0.15) is 0 Å². The van der Waals surface area contributed by atoms with Crippen molar-refractivity contribution in [1.82, 2.24) is 4.90 Å². The Morgan fingerprint density at radius 2 is 0.865 bits per heavy atom. The lowest BCUT2D eigenvalue weighted by Gasteiger charge is -2.39. The zero-order chi connectivity index (χ0) is 25.7. The van der Waals surface area contributed by atoms with Gasteiger partial charge in [-0.1, -0.05) is 148 Å². The van der Waals surface area contributed by atoms with E-state index in [4.69, 9.17) is 0 Å². The molecule has 3 aliphatic carbocycles. The van der Waals surface area contributed by atoms with Crippen LogP contribution in [0, 0.1) is 29.6 Å². The predicted molar refractivity (Wildman–Crippen MR) is 163 cm³/mol. The van der Waals surface area contributed by atoms with Gasteiger partial charge in [-0.15, -0.1) is 0 Å². The van der Waals surface area contributed by atoms with Crippen LogP contribution in [-0.4, -0.2) is 24.0 Å². The van der Waals surface area contributed by atoms with Crippen molar-refractivity contribution in [3.05, 3.63) is 0 Å². The molecule has 4 rings (SSSR count). The minimum absolute atomic E-state index is 0.873. The monoisotopic (exact) mass is 514 g/mol. The van der Waals surface area contributed by atoms with E-state index in [9.17, 15) is 0 Å². The van der Waals surface area contributed by atoms with Gasteiger partial charge in [0.1, 0.15) is 0 Å². The SMILES string of the molecule is CCCCCCCC1CCCC2CCCC3CCCC4CCCCCCC4CCCC3CCCC2N1C. The highest BCUT2D eigenvalue weighted by molar-refractivity contribution is 4.88. The van der Waals surface area contributed by atoms with Gasteiger partial charge < -0.3 is 4.90 Å². The van der Waals surface area contributed by atoms with E-state index in [-0.39, 0.29) is 0 Å². The van der Waals surface area contributed by atoms with Gasteiger partial charge in [0, 0.05) is 12.1 Å². The predicted octanol–water partition coefficient (Wildman–Crippen LogP) is 11.3. The Kier molecular flexibility index (Phi) is 13.7. The standard InChI is InChI=1S/C36H67N/c1-3-4-5-6-11-27-35-28-15-26-34-25-14-23-32-21-12-19-30-17-9-7-8-10-18-31(30)20-13-22-33(32)24-16-29-36(34)37(35)2/h30-36H,3-29H2,1-2H3. The summed E-state index contributed by atoms with van der Waals surface area (Å²) in [7, 11) is 2.54. The van der Waals surface area contributed by atoms with Crippen LogP contribution in [-0.2, 0) is 0 Å². The summed E-state index contributed by atoms with van der Waals surface area (Å²) in [6.07, 6.45) is 41.0. The number of nitrogens with zero attached hydrogens (tertiary/aromatic N) is 1. The molecule has 4 fully saturated rings. The zero-order valence-electron chi connectivity index (χ0n) is 25.6. The molecule has 0 amide bonds. The first-order chi connectivity index (χ1) is 18.3. The summed E-state index contributed by atoms with van der Waals surface area (Å²) in [5.74, 6) is 5.25. The summed E-state index contributed by atoms with van der Waals surface area (Å²) in [6.45, 7) is 2.34. The molecule has 0 spiro atoms. The third-order valence-corrected chi connectivity index (χ3v) is 12.2. The normalized spacial score (nSPS) is 37.6. The van der Waals surface area contributed by atoms with Crippen molar-refractivity contribution < 1.29 is 0 Å². The van der Waals surface area contributed by atoms with Crippen LogP contribution in [0.1, 0.15) is 180 Å². The van der Waals surface area contributed by atoms with E-state index in [1.54, 1.807) is 64.2 Å². The maximum atomic E-state index is 2.94. The first-order valence-corrected chi connectivity index (χ1v) is 18.0. The van der Waals surface area contributed by atoms with Crippen molar-refractivity contribution in [2.45, 2.75) is 192 Å². The molecule has 1 heteroatoms. The van der Waals surface area contributed by atoms with Gasteiger partial charge >= 0.3 is 0 Å². The van der Waals surface area contributed by atoms with Crippen molar-refractivity contribution in [2.75, 3.05) is 7.05 Å². The highest BCUT2D eigenvalue weighted by atomic mass is 15.2. The Bertz CT molecular complexity index is 585. The average Bonchev–Trinajstić information content (AvgIpc) is 3.03. The van der Waals surface area contributed by atoms with Gasteiger partial charge in [-0.25, -0.2) is 0 Å². The molecule has 1 aliphatic heterocycles. The van der Waals surface area contributed by atoms with Crippen LogP contribution in [0.25, 0.3) is 0 Å². The summed E-state index contributed by atoms with van der Waals surface area (Å²) >= 11 is 0. The Hall–Kier alpha value is -0.0400. The first kappa shape index (κ1) is 29.9. The number of rotatable bonds is 6. The number of unbranched alkanes of at least 4 members (excludes halogenated alkanes) is 4. The molecule has 3 saturated carbocycles. The summed E-state index contributed by atoms with van der Waals surface area (Å²) in [5.41, 5.74) is 0. The zero-order valence-corrected chi connectivity index (χ0v) is 25.6. The number of hydrogen-bond donors (Lipinski definition) is 0. The van der Waals surface area contributed by atoms with Crippen LogP contribution in [0.5, 0.6) is 0 Å². The third kappa shape index (κ3) is 9.53. The molecule has 0 N–H and O–H groups in total. The largest absolute Gasteiger partial charge is 0.300 e. The molecule has 0 aromatic carbocycles. The third-order valence-electron chi connectivity index (χ3n) is 12.2. The van der Waals surface area contributed by atoms with Crippen molar-refractivity contribution >= 4 is 0 Å². The lowest BCUT2D eigenvalue weighted by molar-refractivity contribution is 0.102. The summed E-state index contributed by atoms with van der Waals surface area (Å²) in [5, 5.41) is 0. The Labute approximate surface area is 233 Å². The molecule has 37 heavy (non-hydrogen) atoms. The van der Waals surface area contributed by atoms with Crippen LogP contribution < -0.4 is 0 Å². The van der Waals surface area contributed by atoms with E-state index < -0.39 is 0 Å². The lowest BCUT2D eigenvalue weighted by atomic mass is 9.71. The van der Waals surface area contributed by atoms with E-state index in [1.807, 2.05) is 0 Å². The quantitative estimate of drug-likeness (QED) is 0.319. The first-order valence-electron chi connectivity index (χ1n) is 18.0. The topological polar surface area (TPSA) is 3.24 Å². The fourth-order valence-electron chi connectivity index (χ4n) is 9.87. The van der Waals surface area contributed by atoms with Crippen LogP contribution in [0.4, 0.5) is 0 Å². The molecule has 7 unspecified atom stereocenters. The Morgan fingerprint density at radius 3 is 1.41 bits per heavy atom. The molecule has 1 saturated heterocycles. The van der Waals surface area contributed by atoms with E-state index in [0.29, 0.717) is 0 Å². The fourth-order valence-corrected chi connectivity index (χ4v) is 9.87. The van der Waals surface area contributed by atoms with E-state index in [2.05, 4.69) is 18.9 Å². The van der Waals surface area contributed by atoms with Gasteiger partial charge in [0.15, 0.2) is 0 Å². The van der Waals surface area contributed by atoms with Crippen molar-refractivity contribution in [2.24, 2.45) is 29.6 Å². The molecule has 0 aromatic heterocycles. The summed E-state index contributed by atoms with van der Waals surface area (Å²) in [6, 6.07) is 1.76. The molecule has 4 aliphatic rings. The number of fused-ring (bicyclic) bond motifs is 3. The molecular weight excluding hydrogens is 446 g/mol. The second kappa shape index (κ2) is 16.9. The molecular formula is C36H67N. The molecule has 1 nitrogen and oxygen atoms in total. The van der Waals surface area contributed by atoms with Gasteiger partial charge in [0.05, 0.1) is 0 Å². The van der Waals surface area contributed by atoms with E-state index in [0.717, 1.165) is 41.7 Å². The van der Waals surface area contributed by atoms with Gasteiger partial charge in [0.25, 0.3) is 0 Å². The number of likely N-dealkylation sites (tertiary alicyclic amines) is 1. The second-order valence-electron chi connectivity index (χ2n) is 14.5. The summed E-state index contributed by atoms with van der Waals surface area (Å²) in [4.78, 5) is 2.94. The minimum atomic E-state index is 0.873. The average molecular weight is 514 g/mol.